The number of benzene rings is 1. The molecule has 9 nitrogen and oxygen atoms in total. The maximum absolute atomic E-state index is 13.4. The van der Waals surface area contributed by atoms with Crippen molar-refractivity contribution in [1.29, 1.82) is 0 Å². The lowest BCUT2D eigenvalue weighted by Crippen LogP contribution is -2.53. The van der Waals surface area contributed by atoms with Crippen LogP contribution in [0.3, 0.4) is 0 Å². The van der Waals surface area contributed by atoms with E-state index < -0.39 is 6.10 Å². The first kappa shape index (κ1) is 20.2. The molecule has 1 unspecified atom stereocenters. The predicted octanol–water partition coefficient (Wildman–Crippen LogP) is 1.47. The van der Waals surface area contributed by atoms with Crippen molar-refractivity contribution >= 4 is 17.5 Å². The van der Waals surface area contributed by atoms with Crippen LogP contribution in [0.1, 0.15) is 0 Å². The number of pyridine rings is 1. The van der Waals surface area contributed by atoms with Gasteiger partial charge >= 0.3 is 0 Å². The van der Waals surface area contributed by atoms with Gasteiger partial charge in [-0.25, -0.2) is 4.98 Å². The third-order valence-corrected chi connectivity index (χ3v) is 5.71. The van der Waals surface area contributed by atoms with E-state index in [1.165, 1.54) is 10.6 Å². The molecule has 0 saturated carbocycles. The number of carbonyl (C=O) groups excluding carboxylic acids is 1. The number of nitrogens with zero attached hydrogens (tertiary/aromatic N) is 5. The molecule has 0 spiro atoms. The van der Waals surface area contributed by atoms with Crippen LogP contribution in [0.2, 0.25) is 0 Å². The molecule has 1 atom stereocenters. The molecule has 32 heavy (non-hydrogen) atoms. The van der Waals surface area contributed by atoms with E-state index in [9.17, 15) is 9.59 Å². The maximum atomic E-state index is 13.4. The van der Waals surface area contributed by atoms with Gasteiger partial charge in [0.05, 0.1) is 31.1 Å². The number of amides is 1. The summed E-state index contributed by atoms with van der Waals surface area (Å²) in [6.45, 7) is 2.09. The Bertz CT molecular complexity index is 1200. The molecular weight excluding hydrogens is 410 g/mol. The van der Waals surface area contributed by atoms with E-state index >= 15 is 0 Å². The van der Waals surface area contributed by atoms with Gasteiger partial charge in [0.1, 0.15) is 12.4 Å². The molecule has 9 heteroatoms. The van der Waals surface area contributed by atoms with Crippen LogP contribution >= 0.6 is 0 Å². The minimum absolute atomic E-state index is 0.124. The average molecular weight is 433 g/mol. The van der Waals surface area contributed by atoms with Gasteiger partial charge in [-0.1, -0.05) is 12.1 Å². The molecule has 0 radical (unpaired) electrons. The Morgan fingerprint density at radius 2 is 1.91 bits per heavy atom. The number of para-hydroxylation sites is 2. The summed E-state index contributed by atoms with van der Waals surface area (Å²) in [7, 11) is 1.69. The lowest BCUT2D eigenvalue weighted by atomic mass is 10.2. The number of carbonyl (C=O) groups is 1. The second-order valence-corrected chi connectivity index (χ2v) is 7.69. The summed E-state index contributed by atoms with van der Waals surface area (Å²) in [6, 6.07) is 12.6. The minimum atomic E-state index is -0.670. The Hall–Kier alpha value is -3.72. The standard InChI is InChI=1S/C23H23N5O4/c1-26-21(29)14-17(16-6-8-24-9-7-16)25-23(26)27-10-12-32-20(15-27)22(30)28-11-13-31-19-5-3-2-4-18(19)28/h2-9,14,20H,10-13,15H2,1H3. The SMILES string of the molecule is Cn1c(N2CCOC(C(=O)N3CCOc4ccccc43)C2)nc(-c2ccncc2)cc1=O. The fourth-order valence-corrected chi connectivity index (χ4v) is 4.03. The number of ether oxygens (including phenoxy) is 2. The Labute approximate surface area is 184 Å². The van der Waals surface area contributed by atoms with Crippen LogP contribution in [0.4, 0.5) is 11.6 Å². The molecule has 3 aromatic rings. The maximum Gasteiger partial charge on any atom is 0.258 e. The molecule has 164 valence electrons. The van der Waals surface area contributed by atoms with Crippen LogP contribution in [0, 0.1) is 0 Å². The Morgan fingerprint density at radius 3 is 2.75 bits per heavy atom. The van der Waals surface area contributed by atoms with Crippen molar-refractivity contribution in [3.8, 4) is 17.0 Å². The Kier molecular flexibility index (Phi) is 5.32. The summed E-state index contributed by atoms with van der Waals surface area (Å²) in [6.07, 6.45) is 2.66. The average Bonchev–Trinajstić information content (AvgIpc) is 2.85. The molecule has 2 aliphatic rings. The van der Waals surface area contributed by atoms with Gasteiger partial charge in [-0.15, -0.1) is 0 Å². The fraction of sp³-hybridized carbons (Fsp3) is 0.304. The topological polar surface area (TPSA) is 89.8 Å². The van der Waals surface area contributed by atoms with Crippen LogP contribution < -0.4 is 20.1 Å². The molecular formula is C23H23N5O4. The summed E-state index contributed by atoms with van der Waals surface area (Å²) < 4.78 is 13.0. The number of anilines is 2. The number of hydrogen-bond acceptors (Lipinski definition) is 7. The van der Waals surface area contributed by atoms with Crippen molar-refractivity contribution in [2.24, 2.45) is 7.05 Å². The molecule has 0 bridgehead atoms. The smallest absolute Gasteiger partial charge is 0.258 e. The molecule has 2 aliphatic heterocycles. The van der Waals surface area contributed by atoms with Crippen molar-refractivity contribution < 1.29 is 14.3 Å². The molecule has 2 aromatic heterocycles. The number of morpholine rings is 1. The first-order valence-corrected chi connectivity index (χ1v) is 10.5. The quantitative estimate of drug-likeness (QED) is 0.618. The first-order chi connectivity index (χ1) is 15.6. The third kappa shape index (κ3) is 3.71. The van der Waals surface area contributed by atoms with Gasteiger partial charge in [0.25, 0.3) is 11.5 Å². The van der Waals surface area contributed by atoms with Crippen molar-refractivity contribution in [1.82, 2.24) is 14.5 Å². The van der Waals surface area contributed by atoms with E-state index in [-0.39, 0.29) is 11.5 Å². The van der Waals surface area contributed by atoms with Gasteiger partial charge in [0, 0.05) is 37.6 Å². The van der Waals surface area contributed by atoms with Gasteiger partial charge in [0.2, 0.25) is 5.95 Å². The van der Waals surface area contributed by atoms with Crippen molar-refractivity contribution in [3.05, 3.63) is 65.2 Å². The van der Waals surface area contributed by atoms with Crippen molar-refractivity contribution in [2.75, 3.05) is 42.6 Å². The molecule has 0 N–H and O–H groups in total. The molecule has 1 aromatic carbocycles. The normalized spacial score (nSPS) is 18.1. The van der Waals surface area contributed by atoms with E-state index in [4.69, 9.17) is 14.5 Å². The molecule has 4 heterocycles. The number of aromatic nitrogens is 3. The van der Waals surface area contributed by atoms with Crippen LogP contribution in [-0.4, -0.2) is 59.4 Å². The van der Waals surface area contributed by atoms with E-state index in [1.54, 1.807) is 24.3 Å². The second-order valence-electron chi connectivity index (χ2n) is 7.69. The van der Waals surface area contributed by atoms with E-state index in [0.717, 1.165) is 11.3 Å². The molecule has 5 rings (SSSR count). The van der Waals surface area contributed by atoms with Gasteiger partial charge in [-0.05, 0) is 24.3 Å². The highest BCUT2D eigenvalue weighted by molar-refractivity contribution is 5.98. The molecule has 0 aliphatic carbocycles. The van der Waals surface area contributed by atoms with Crippen molar-refractivity contribution in [3.63, 3.8) is 0 Å². The third-order valence-electron chi connectivity index (χ3n) is 5.71. The number of fused-ring (bicyclic) bond motifs is 1. The van der Waals surface area contributed by atoms with Gasteiger partial charge in [-0.3, -0.25) is 19.1 Å². The first-order valence-electron chi connectivity index (χ1n) is 10.5. The highest BCUT2D eigenvalue weighted by Gasteiger charge is 2.34. The largest absolute Gasteiger partial charge is 0.490 e. The lowest BCUT2D eigenvalue weighted by molar-refractivity contribution is -0.131. The fourth-order valence-electron chi connectivity index (χ4n) is 4.03. The van der Waals surface area contributed by atoms with E-state index in [1.807, 2.05) is 41.3 Å². The molecule has 1 saturated heterocycles. The van der Waals surface area contributed by atoms with Gasteiger partial charge < -0.3 is 19.3 Å². The minimum Gasteiger partial charge on any atom is -0.490 e. The molecule has 1 fully saturated rings. The zero-order valence-corrected chi connectivity index (χ0v) is 17.7. The monoisotopic (exact) mass is 433 g/mol. The Balaban J connectivity index is 1.42. The summed E-state index contributed by atoms with van der Waals surface area (Å²) in [5, 5.41) is 0. The second kappa shape index (κ2) is 8.43. The van der Waals surface area contributed by atoms with Crippen LogP contribution in [0.5, 0.6) is 5.75 Å². The lowest BCUT2D eigenvalue weighted by Gasteiger charge is -2.37. The summed E-state index contributed by atoms with van der Waals surface area (Å²) in [4.78, 5) is 38.4. The summed E-state index contributed by atoms with van der Waals surface area (Å²) >= 11 is 0. The summed E-state index contributed by atoms with van der Waals surface area (Å²) in [5.74, 6) is 1.07. The van der Waals surface area contributed by atoms with Crippen LogP contribution in [0.25, 0.3) is 11.3 Å². The predicted molar refractivity (Wildman–Crippen MR) is 119 cm³/mol. The van der Waals surface area contributed by atoms with E-state index in [2.05, 4.69) is 4.98 Å². The van der Waals surface area contributed by atoms with Crippen molar-refractivity contribution in [2.45, 2.75) is 6.10 Å². The molecule has 1 amide bonds. The zero-order chi connectivity index (χ0) is 22.1. The number of hydrogen-bond donors (Lipinski definition) is 0. The number of rotatable bonds is 3. The van der Waals surface area contributed by atoms with Gasteiger partial charge in [0.15, 0.2) is 6.10 Å². The van der Waals surface area contributed by atoms with E-state index in [0.29, 0.717) is 50.2 Å². The van der Waals surface area contributed by atoms with Gasteiger partial charge in [-0.2, -0.15) is 0 Å². The highest BCUT2D eigenvalue weighted by atomic mass is 16.5. The van der Waals surface area contributed by atoms with Crippen LogP contribution in [-0.2, 0) is 16.6 Å². The summed E-state index contributed by atoms with van der Waals surface area (Å²) in [5.41, 5.74) is 1.96. The highest BCUT2D eigenvalue weighted by Crippen LogP contribution is 2.32. The zero-order valence-electron chi connectivity index (χ0n) is 17.7. The van der Waals surface area contributed by atoms with Crippen LogP contribution in [0.15, 0.2) is 59.7 Å². The Morgan fingerprint density at radius 1 is 1.09 bits per heavy atom.